The lowest BCUT2D eigenvalue weighted by molar-refractivity contribution is -0.129. The summed E-state index contributed by atoms with van der Waals surface area (Å²) in [4.78, 5) is 12.4. The molecule has 4 aliphatic carbocycles. The van der Waals surface area contributed by atoms with Crippen molar-refractivity contribution in [2.45, 2.75) is 51.5 Å². The van der Waals surface area contributed by atoms with Gasteiger partial charge < -0.3 is 5.32 Å². The highest BCUT2D eigenvalue weighted by molar-refractivity contribution is 5.76. The maximum atomic E-state index is 12.4. The molecule has 0 unspecified atom stereocenters. The number of carbonyl (C=O) groups is 1. The number of hydrogen-bond acceptors (Lipinski definition) is 2. The fourth-order valence-corrected chi connectivity index (χ4v) is 5.66. The SMILES string of the molecule is Cn1ccc(CNC(=O)CC23CC4CC(CC(C4)C2)C3)n1. The quantitative estimate of drug-likeness (QED) is 0.925. The third-order valence-electron chi connectivity index (χ3n) is 5.94. The van der Waals surface area contributed by atoms with E-state index in [-0.39, 0.29) is 5.91 Å². The van der Waals surface area contributed by atoms with Gasteiger partial charge in [-0.05, 0) is 67.8 Å². The van der Waals surface area contributed by atoms with Crippen molar-refractivity contribution in [1.82, 2.24) is 15.1 Å². The Hall–Kier alpha value is -1.32. The Balaban J connectivity index is 1.36. The van der Waals surface area contributed by atoms with E-state index in [1.807, 2.05) is 19.3 Å². The number of carbonyl (C=O) groups excluding carboxylic acids is 1. The minimum atomic E-state index is 0.225. The van der Waals surface area contributed by atoms with Gasteiger partial charge in [-0.25, -0.2) is 0 Å². The van der Waals surface area contributed by atoms with Crippen LogP contribution in [0, 0.1) is 23.2 Å². The summed E-state index contributed by atoms with van der Waals surface area (Å²) in [5, 5.41) is 7.38. The van der Waals surface area contributed by atoms with Gasteiger partial charge in [-0.15, -0.1) is 0 Å². The van der Waals surface area contributed by atoms with Gasteiger partial charge in [0.25, 0.3) is 0 Å². The van der Waals surface area contributed by atoms with Crippen LogP contribution in [0.15, 0.2) is 12.3 Å². The summed E-state index contributed by atoms with van der Waals surface area (Å²) < 4.78 is 1.78. The number of nitrogens with zero attached hydrogens (tertiary/aromatic N) is 2. The second kappa shape index (κ2) is 4.85. The zero-order valence-corrected chi connectivity index (χ0v) is 12.8. The number of hydrogen-bond donors (Lipinski definition) is 1. The molecule has 4 bridgehead atoms. The summed E-state index contributed by atoms with van der Waals surface area (Å²) in [5.41, 5.74) is 1.28. The fourth-order valence-electron chi connectivity index (χ4n) is 5.66. The lowest BCUT2D eigenvalue weighted by Gasteiger charge is -2.56. The Morgan fingerprint density at radius 2 is 1.90 bits per heavy atom. The monoisotopic (exact) mass is 287 g/mol. The molecular weight excluding hydrogens is 262 g/mol. The average Bonchev–Trinajstić information content (AvgIpc) is 2.80. The van der Waals surface area contributed by atoms with E-state index in [4.69, 9.17) is 0 Å². The number of nitrogens with one attached hydrogen (secondary N) is 1. The first-order chi connectivity index (χ1) is 10.1. The van der Waals surface area contributed by atoms with Crippen molar-refractivity contribution < 1.29 is 4.79 Å². The third-order valence-corrected chi connectivity index (χ3v) is 5.94. The highest BCUT2D eigenvalue weighted by Crippen LogP contribution is 2.61. The normalized spacial score (nSPS) is 36.9. The van der Waals surface area contributed by atoms with Crippen LogP contribution >= 0.6 is 0 Å². The summed E-state index contributed by atoms with van der Waals surface area (Å²) in [6, 6.07) is 1.96. The first-order valence-corrected chi connectivity index (χ1v) is 8.35. The van der Waals surface area contributed by atoms with Gasteiger partial charge in [-0.2, -0.15) is 5.10 Å². The fraction of sp³-hybridized carbons (Fsp3) is 0.765. The van der Waals surface area contributed by atoms with Crippen molar-refractivity contribution in [1.29, 1.82) is 0 Å². The van der Waals surface area contributed by atoms with Crippen LogP contribution in [-0.4, -0.2) is 15.7 Å². The molecule has 0 saturated heterocycles. The Morgan fingerprint density at radius 1 is 1.29 bits per heavy atom. The van der Waals surface area contributed by atoms with Crippen LogP contribution in [0.4, 0.5) is 0 Å². The van der Waals surface area contributed by atoms with Gasteiger partial charge in [-0.3, -0.25) is 9.48 Å². The van der Waals surface area contributed by atoms with E-state index in [0.717, 1.165) is 29.9 Å². The van der Waals surface area contributed by atoms with Crippen molar-refractivity contribution in [3.05, 3.63) is 18.0 Å². The molecule has 5 rings (SSSR count). The molecule has 0 aromatic carbocycles. The highest BCUT2D eigenvalue weighted by Gasteiger charge is 2.51. The van der Waals surface area contributed by atoms with Crippen molar-refractivity contribution in [2.75, 3.05) is 0 Å². The summed E-state index contributed by atoms with van der Waals surface area (Å²) >= 11 is 0. The van der Waals surface area contributed by atoms with Crippen molar-refractivity contribution in [3.63, 3.8) is 0 Å². The number of amides is 1. The van der Waals surface area contributed by atoms with Crippen LogP contribution < -0.4 is 5.32 Å². The Labute approximate surface area is 126 Å². The minimum Gasteiger partial charge on any atom is -0.350 e. The molecular formula is C17H25N3O. The molecule has 1 aromatic heterocycles. The number of rotatable bonds is 4. The van der Waals surface area contributed by atoms with Gasteiger partial charge in [0.15, 0.2) is 0 Å². The minimum absolute atomic E-state index is 0.225. The molecule has 1 N–H and O–H groups in total. The smallest absolute Gasteiger partial charge is 0.220 e. The predicted octanol–water partition coefficient (Wildman–Crippen LogP) is 2.64. The Kier molecular flexibility index (Phi) is 3.09. The van der Waals surface area contributed by atoms with Crippen LogP contribution in [-0.2, 0) is 18.4 Å². The zero-order chi connectivity index (χ0) is 14.4. The van der Waals surface area contributed by atoms with Crippen LogP contribution in [0.25, 0.3) is 0 Å². The summed E-state index contributed by atoms with van der Waals surface area (Å²) in [7, 11) is 1.90. The van der Waals surface area contributed by atoms with Crippen LogP contribution in [0.2, 0.25) is 0 Å². The maximum Gasteiger partial charge on any atom is 0.220 e. The highest BCUT2D eigenvalue weighted by atomic mass is 16.1. The van der Waals surface area contributed by atoms with E-state index >= 15 is 0 Å². The molecule has 4 heteroatoms. The van der Waals surface area contributed by atoms with Crippen LogP contribution in [0.5, 0.6) is 0 Å². The second-order valence-corrected chi connectivity index (χ2v) is 7.85. The van der Waals surface area contributed by atoms with Crippen molar-refractivity contribution >= 4 is 5.91 Å². The van der Waals surface area contributed by atoms with Crippen molar-refractivity contribution in [3.8, 4) is 0 Å². The van der Waals surface area contributed by atoms with Gasteiger partial charge in [0.1, 0.15) is 0 Å². The maximum absolute atomic E-state index is 12.4. The first kappa shape index (κ1) is 13.4. The summed E-state index contributed by atoms with van der Waals surface area (Å²) in [5.74, 6) is 2.97. The molecule has 114 valence electrons. The van der Waals surface area contributed by atoms with Crippen LogP contribution in [0.1, 0.15) is 50.6 Å². The van der Waals surface area contributed by atoms with Crippen molar-refractivity contribution in [2.24, 2.45) is 30.2 Å². The molecule has 0 spiro atoms. The lowest BCUT2D eigenvalue weighted by Crippen LogP contribution is -2.47. The number of aryl methyl sites for hydroxylation is 1. The van der Waals surface area contributed by atoms with Gasteiger partial charge in [0, 0.05) is 19.7 Å². The molecule has 1 amide bonds. The third kappa shape index (κ3) is 2.60. The van der Waals surface area contributed by atoms with Gasteiger partial charge >= 0.3 is 0 Å². The zero-order valence-electron chi connectivity index (χ0n) is 12.8. The topological polar surface area (TPSA) is 46.9 Å². The Bertz CT molecular complexity index is 513. The van der Waals surface area contributed by atoms with E-state index in [1.54, 1.807) is 4.68 Å². The van der Waals surface area contributed by atoms with E-state index in [2.05, 4.69) is 10.4 Å². The number of aromatic nitrogens is 2. The van der Waals surface area contributed by atoms with E-state index in [9.17, 15) is 4.79 Å². The lowest BCUT2D eigenvalue weighted by atomic mass is 9.49. The Morgan fingerprint density at radius 3 is 2.43 bits per heavy atom. The van der Waals surface area contributed by atoms with E-state index < -0.39 is 0 Å². The molecule has 0 atom stereocenters. The molecule has 21 heavy (non-hydrogen) atoms. The standard InChI is InChI=1S/C17H25N3O/c1-20-3-2-15(19-20)11-18-16(21)10-17-7-12-4-13(8-17)6-14(5-12)9-17/h2-3,12-14H,4-11H2,1H3,(H,18,21). The second-order valence-electron chi connectivity index (χ2n) is 7.85. The average molecular weight is 287 g/mol. The van der Waals surface area contributed by atoms with Gasteiger partial charge in [0.05, 0.1) is 12.2 Å². The largest absolute Gasteiger partial charge is 0.350 e. The van der Waals surface area contributed by atoms with Crippen LogP contribution in [0.3, 0.4) is 0 Å². The molecule has 1 heterocycles. The van der Waals surface area contributed by atoms with Gasteiger partial charge in [0.2, 0.25) is 5.91 Å². The first-order valence-electron chi connectivity index (χ1n) is 8.35. The molecule has 0 radical (unpaired) electrons. The summed E-state index contributed by atoms with van der Waals surface area (Å²) in [6.07, 6.45) is 10.9. The van der Waals surface area contributed by atoms with Gasteiger partial charge in [-0.1, -0.05) is 0 Å². The molecule has 4 aliphatic rings. The predicted molar refractivity (Wildman–Crippen MR) is 80.3 cm³/mol. The molecule has 4 nitrogen and oxygen atoms in total. The molecule has 0 aliphatic heterocycles. The van der Waals surface area contributed by atoms with E-state index in [1.165, 1.54) is 38.5 Å². The molecule has 4 saturated carbocycles. The molecule has 1 aromatic rings. The molecule has 4 fully saturated rings. The van der Waals surface area contributed by atoms with E-state index in [0.29, 0.717) is 12.0 Å². The summed E-state index contributed by atoms with van der Waals surface area (Å²) in [6.45, 7) is 0.562.